The highest BCUT2D eigenvalue weighted by molar-refractivity contribution is 6.06. The van der Waals surface area contributed by atoms with Crippen LogP contribution in [0.5, 0.6) is 0 Å². The van der Waals surface area contributed by atoms with Crippen molar-refractivity contribution in [3.8, 4) is 0 Å². The largest absolute Gasteiger partial charge is 0.349 e. The molecule has 1 fully saturated rings. The molecule has 156 valence electrons. The molecule has 1 aromatic carbocycles. The Hall–Kier alpha value is -2.66. The molecule has 1 aliphatic heterocycles. The van der Waals surface area contributed by atoms with Gasteiger partial charge in [-0.3, -0.25) is 14.7 Å². The van der Waals surface area contributed by atoms with Crippen molar-refractivity contribution in [3.63, 3.8) is 0 Å². The molecule has 0 radical (unpaired) electrons. The molecule has 1 N–H and O–H groups in total. The molecule has 30 heavy (non-hydrogen) atoms. The van der Waals surface area contributed by atoms with Crippen molar-refractivity contribution in [2.45, 2.75) is 51.2 Å². The molecular formula is C25H30N4O. The molecule has 0 unspecified atom stereocenters. The zero-order valence-corrected chi connectivity index (χ0v) is 17.5. The number of carbonyl (C=O) groups excluding carboxylic acids is 1. The fraction of sp³-hybridized carbons (Fsp3) is 0.440. The molecule has 2 aliphatic rings. The first-order valence-electron chi connectivity index (χ1n) is 11.3. The maximum Gasteiger partial charge on any atom is 0.252 e. The van der Waals surface area contributed by atoms with E-state index in [9.17, 15) is 4.79 Å². The average molecular weight is 403 g/mol. The predicted molar refractivity (Wildman–Crippen MR) is 119 cm³/mol. The smallest absolute Gasteiger partial charge is 0.252 e. The van der Waals surface area contributed by atoms with Gasteiger partial charge in [-0.15, -0.1) is 0 Å². The minimum absolute atomic E-state index is 0.0355. The Bertz CT molecular complexity index is 1010. The second-order valence-electron chi connectivity index (χ2n) is 8.82. The first-order chi connectivity index (χ1) is 14.8. The molecular weight excluding hydrogens is 372 g/mol. The van der Waals surface area contributed by atoms with Gasteiger partial charge in [0.2, 0.25) is 0 Å². The second kappa shape index (κ2) is 8.60. The minimum Gasteiger partial charge on any atom is -0.349 e. The maximum absolute atomic E-state index is 12.9. The zero-order valence-electron chi connectivity index (χ0n) is 17.5. The Kier molecular flexibility index (Phi) is 5.54. The highest BCUT2D eigenvalue weighted by atomic mass is 16.1. The lowest BCUT2D eigenvalue weighted by Gasteiger charge is -2.32. The number of hydrogen-bond donors (Lipinski definition) is 1. The number of fused-ring (bicyclic) bond motifs is 2. The van der Waals surface area contributed by atoms with E-state index in [0.717, 1.165) is 54.9 Å². The van der Waals surface area contributed by atoms with E-state index in [0.29, 0.717) is 6.04 Å². The summed E-state index contributed by atoms with van der Waals surface area (Å²) in [6, 6.07) is 14.3. The number of pyridine rings is 1. The molecule has 5 heteroatoms. The van der Waals surface area contributed by atoms with Gasteiger partial charge in [-0.25, -0.2) is 0 Å². The Balaban J connectivity index is 1.10. The third-order valence-corrected chi connectivity index (χ3v) is 6.89. The van der Waals surface area contributed by atoms with E-state index in [1.807, 2.05) is 30.3 Å². The van der Waals surface area contributed by atoms with Crippen LogP contribution >= 0.6 is 0 Å². The third kappa shape index (κ3) is 4.12. The monoisotopic (exact) mass is 402 g/mol. The fourth-order valence-electron chi connectivity index (χ4n) is 5.08. The van der Waals surface area contributed by atoms with Gasteiger partial charge in [0.1, 0.15) is 0 Å². The second-order valence-corrected chi connectivity index (χ2v) is 8.82. The Morgan fingerprint density at radius 2 is 1.93 bits per heavy atom. The highest BCUT2D eigenvalue weighted by Gasteiger charge is 2.24. The van der Waals surface area contributed by atoms with E-state index in [1.54, 1.807) is 6.20 Å². The Morgan fingerprint density at radius 3 is 2.83 bits per heavy atom. The lowest BCUT2D eigenvalue weighted by molar-refractivity contribution is 0.0921. The summed E-state index contributed by atoms with van der Waals surface area (Å²) >= 11 is 0. The molecule has 0 spiro atoms. The molecule has 2 aromatic heterocycles. The van der Waals surface area contributed by atoms with Crippen LogP contribution in [-0.4, -0.2) is 39.5 Å². The van der Waals surface area contributed by atoms with Crippen molar-refractivity contribution in [1.82, 2.24) is 19.8 Å². The van der Waals surface area contributed by atoms with Gasteiger partial charge in [0.15, 0.2) is 0 Å². The lowest BCUT2D eigenvalue weighted by atomic mass is 9.84. The van der Waals surface area contributed by atoms with Gasteiger partial charge in [0.25, 0.3) is 5.91 Å². The van der Waals surface area contributed by atoms with Crippen molar-refractivity contribution >= 4 is 16.8 Å². The van der Waals surface area contributed by atoms with Crippen LogP contribution in [0.15, 0.2) is 54.9 Å². The SMILES string of the molecule is O=C(N[C@H]1CC[C@H](CCN2CCn3cccc3C2)CC1)c1cccc2ncccc12. The maximum atomic E-state index is 12.9. The van der Waals surface area contributed by atoms with Crippen LogP contribution in [0.2, 0.25) is 0 Å². The molecule has 1 saturated carbocycles. The lowest BCUT2D eigenvalue weighted by Crippen LogP contribution is -2.38. The quantitative estimate of drug-likeness (QED) is 0.695. The number of nitrogens with zero attached hydrogens (tertiary/aromatic N) is 3. The first kappa shape index (κ1) is 19.3. The number of nitrogens with one attached hydrogen (secondary N) is 1. The van der Waals surface area contributed by atoms with Crippen molar-refractivity contribution in [2.24, 2.45) is 5.92 Å². The molecule has 5 rings (SSSR count). The van der Waals surface area contributed by atoms with Gasteiger partial charge in [0, 0.05) is 54.7 Å². The molecule has 1 aliphatic carbocycles. The molecule has 3 aromatic rings. The molecule has 0 atom stereocenters. The minimum atomic E-state index is 0.0355. The van der Waals surface area contributed by atoms with Gasteiger partial charge >= 0.3 is 0 Å². The average Bonchev–Trinajstić information content (AvgIpc) is 3.26. The fourth-order valence-corrected chi connectivity index (χ4v) is 5.08. The van der Waals surface area contributed by atoms with Crippen LogP contribution in [0.4, 0.5) is 0 Å². The summed E-state index contributed by atoms with van der Waals surface area (Å²) in [6.07, 6.45) is 9.84. The molecule has 1 amide bonds. The first-order valence-corrected chi connectivity index (χ1v) is 11.3. The van der Waals surface area contributed by atoms with E-state index in [-0.39, 0.29) is 5.91 Å². The van der Waals surface area contributed by atoms with Gasteiger partial charge in [-0.1, -0.05) is 12.1 Å². The molecule has 0 saturated heterocycles. The topological polar surface area (TPSA) is 50.2 Å². The van der Waals surface area contributed by atoms with E-state index in [2.05, 4.69) is 38.1 Å². The van der Waals surface area contributed by atoms with E-state index in [1.165, 1.54) is 31.5 Å². The van der Waals surface area contributed by atoms with Crippen LogP contribution in [0, 0.1) is 5.92 Å². The summed E-state index contributed by atoms with van der Waals surface area (Å²) in [5.41, 5.74) is 3.05. The third-order valence-electron chi connectivity index (χ3n) is 6.89. The Morgan fingerprint density at radius 1 is 1.03 bits per heavy atom. The standard InChI is InChI=1S/C25H30N4O/c30-25(23-5-1-7-24-22(23)6-2-13-26-24)27-20-10-8-19(9-11-20)12-15-28-16-17-29-14-3-4-21(29)18-28/h1-7,13-14,19-20H,8-12,15-18H2,(H,27,30)/t19-,20-. The van der Waals surface area contributed by atoms with E-state index < -0.39 is 0 Å². The summed E-state index contributed by atoms with van der Waals surface area (Å²) in [6.45, 7) is 4.55. The van der Waals surface area contributed by atoms with Crippen molar-refractivity contribution in [2.75, 3.05) is 13.1 Å². The van der Waals surface area contributed by atoms with Crippen LogP contribution in [0.1, 0.15) is 48.2 Å². The molecule has 5 nitrogen and oxygen atoms in total. The number of amides is 1. The van der Waals surface area contributed by atoms with Crippen LogP contribution in [0.25, 0.3) is 10.9 Å². The summed E-state index contributed by atoms with van der Waals surface area (Å²) in [5.74, 6) is 0.821. The molecule has 3 heterocycles. The zero-order chi connectivity index (χ0) is 20.3. The number of rotatable bonds is 5. The summed E-state index contributed by atoms with van der Waals surface area (Å²) in [5, 5.41) is 4.21. The number of aromatic nitrogens is 2. The Labute approximate surface area is 178 Å². The molecule has 0 bridgehead atoms. The predicted octanol–water partition coefficient (Wildman–Crippen LogP) is 4.23. The summed E-state index contributed by atoms with van der Waals surface area (Å²) in [7, 11) is 0. The van der Waals surface area contributed by atoms with Gasteiger partial charge in [-0.2, -0.15) is 0 Å². The van der Waals surface area contributed by atoms with Crippen molar-refractivity contribution < 1.29 is 4.79 Å². The van der Waals surface area contributed by atoms with E-state index in [4.69, 9.17) is 0 Å². The van der Waals surface area contributed by atoms with Gasteiger partial charge < -0.3 is 9.88 Å². The van der Waals surface area contributed by atoms with E-state index >= 15 is 0 Å². The summed E-state index contributed by atoms with van der Waals surface area (Å²) < 4.78 is 2.37. The van der Waals surface area contributed by atoms with Gasteiger partial charge in [0.05, 0.1) is 5.52 Å². The summed E-state index contributed by atoms with van der Waals surface area (Å²) in [4.78, 5) is 19.8. The van der Waals surface area contributed by atoms with Crippen LogP contribution in [-0.2, 0) is 13.1 Å². The van der Waals surface area contributed by atoms with Crippen LogP contribution in [0.3, 0.4) is 0 Å². The van der Waals surface area contributed by atoms with Crippen molar-refractivity contribution in [1.29, 1.82) is 0 Å². The number of benzene rings is 1. The normalized spacial score (nSPS) is 22.0. The number of hydrogen-bond acceptors (Lipinski definition) is 3. The highest BCUT2D eigenvalue weighted by Crippen LogP contribution is 2.28. The number of carbonyl (C=O) groups is 1. The van der Waals surface area contributed by atoms with Gasteiger partial charge in [-0.05, 0) is 74.9 Å². The van der Waals surface area contributed by atoms with Crippen molar-refractivity contribution in [3.05, 3.63) is 66.1 Å². The van der Waals surface area contributed by atoms with Crippen LogP contribution < -0.4 is 5.32 Å².